The molecular formula is C32H31FN4O3S. The molecule has 1 fully saturated rings. The number of benzene rings is 3. The van der Waals surface area contributed by atoms with Gasteiger partial charge in [0, 0.05) is 24.3 Å². The summed E-state index contributed by atoms with van der Waals surface area (Å²) in [6.45, 7) is 3.00. The number of aromatic nitrogens is 2. The summed E-state index contributed by atoms with van der Waals surface area (Å²) >= 11 is 1.53. The van der Waals surface area contributed by atoms with Crippen molar-refractivity contribution in [3.05, 3.63) is 101 Å². The fraction of sp³-hybridized carbons (Fsp3) is 0.281. The predicted molar refractivity (Wildman–Crippen MR) is 159 cm³/mol. The van der Waals surface area contributed by atoms with Crippen molar-refractivity contribution in [2.24, 2.45) is 0 Å². The van der Waals surface area contributed by atoms with Crippen LogP contribution >= 0.6 is 11.8 Å². The van der Waals surface area contributed by atoms with E-state index in [1.54, 1.807) is 16.8 Å². The number of carbonyl (C=O) groups excluding carboxylic acids is 2. The Morgan fingerprint density at radius 1 is 1.07 bits per heavy atom. The van der Waals surface area contributed by atoms with Gasteiger partial charge in [-0.1, -0.05) is 54.6 Å². The molecule has 9 heteroatoms. The van der Waals surface area contributed by atoms with Crippen LogP contribution in [-0.4, -0.2) is 53.1 Å². The SMILES string of the molecule is Cc1ccccc1[C@H]1SCC(=O)N(CC(=O)NC[C@H]2CCCO2)c2c1c(-c1ccccc1)nn2-c1ccc(F)cc1. The highest BCUT2D eigenvalue weighted by Crippen LogP contribution is 2.49. The number of aryl methyl sites for hydroxylation is 1. The summed E-state index contributed by atoms with van der Waals surface area (Å²) in [5.41, 5.74) is 5.22. The Morgan fingerprint density at radius 2 is 1.83 bits per heavy atom. The van der Waals surface area contributed by atoms with E-state index >= 15 is 0 Å². The van der Waals surface area contributed by atoms with Crippen molar-refractivity contribution in [3.8, 4) is 16.9 Å². The first-order valence-corrected chi connectivity index (χ1v) is 14.8. The Morgan fingerprint density at radius 3 is 2.56 bits per heavy atom. The summed E-state index contributed by atoms with van der Waals surface area (Å²) in [5, 5.41) is 7.78. The van der Waals surface area contributed by atoms with Crippen LogP contribution in [0.15, 0.2) is 78.9 Å². The topological polar surface area (TPSA) is 76.5 Å². The van der Waals surface area contributed by atoms with E-state index in [4.69, 9.17) is 9.84 Å². The van der Waals surface area contributed by atoms with Gasteiger partial charge in [-0.05, 0) is 55.2 Å². The van der Waals surface area contributed by atoms with Crippen LogP contribution in [-0.2, 0) is 14.3 Å². The molecule has 0 radical (unpaired) electrons. The fourth-order valence-electron chi connectivity index (χ4n) is 5.45. The summed E-state index contributed by atoms with van der Waals surface area (Å²) < 4.78 is 21.3. The van der Waals surface area contributed by atoms with Crippen LogP contribution < -0.4 is 10.2 Å². The number of carbonyl (C=O) groups is 2. The van der Waals surface area contributed by atoms with E-state index in [1.165, 1.54) is 28.8 Å². The van der Waals surface area contributed by atoms with Gasteiger partial charge in [0.1, 0.15) is 18.2 Å². The molecule has 41 heavy (non-hydrogen) atoms. The summed E-state index contributed by atoms with van der Waals surface area (Å²) in [6, 6.07) is 24.0. The molecule has 1 N–H and O–H groups in total. The number of hydrogen-bond acceptors (Lipinski definition) is 5. The average molecular weight is 571 g/mol. The molecule has 4 aromatic rings. The molecule has 210 valence electrons. The van der Waals surface area contributed by atoms with E-state index in [0.717, 1.165) is 35.1 Å². The minimum absolute atomic E-state index is 0.00948. The molecule has 2 atom stereocenters. The Balaban J connectivity index is 1.52. The summed E-state index contributed by atoms with van der Waals surface area (Å²) in [4.78, 5) is 28.6. The number of fused-ring (bicyclic) bond motifs is 1. The maximum atomic E-state index is 14.0. The zero-order valence-electron chi connectivity index (χ0n) is 22.8. The van der Waals surface area contributed by atoms with E-state index < -0.39 is 0 Å². The lowest BCUT2D eigenvalue weighted by Gasteiger charge is -2.24. The van der Waals surface area contributed by atoms with Gasteiger partial charge in [-0.15, -0.1) is 11.8 Å². The Labute approximate surface area is 242 Å². The zero-order chi connectivity index (χ0) is 28.3. The minimum Gasteiger partial charge on any atom is -0.376 e. The second-order valence-electron chi connectivity index (χ2n) is 10.3. The van der Waals surface area contributed by atoms with Crippen molar-refractivity contribution >= 4 is 29.4 Å². The molecule has 6 rings (SSSR count). The van der Waals surface area contributed by atoms with Gasteiger partial charge < -0.3 is 10.1 Å². The monoisotopic (exact) mass is 570 g/mol. The smallest absolute Gasteiger partial charge is 0.240 e. The molecule has 0 spiro atoms. The number of hydrogen-bond donors (Lipinski definition) is 1. The van der Waals surface area contributed by atoms with Gasteiger partial charge >= 0.3 is 0 Å². The van der Waals surface area contributed by atoms with E-state index in [9.17, 15) is 14.0 Å². The lowest BCUT2D eigenvalue weighted by Crippen LogP contribution is -2.44. The molecule has 0 unspecified atom stereocenters. The number of halogens is 1. The highest BCUT2D eigenvalue weighted by atomic mass is 32.2. The minimum atomic E-state index is -0.370. The number of thioether (sulfide) groups is 1. The van der Waals surface area contributed by atoms with Crippen molar-refractivity contribution < 1.29 is 18.7 Å². The van der Waals surface area contributed by atoms with Crippen molar-refractivity contribution in [2.45, 2.75) is 31.1 Å². The van der Waals surface area contributed by atoms with E-state index in [2.05, 4.69) is 24.4 Å². The van der Waals surface area contributed by atoms with Crippen LogP contribution in [0.25, 0.3) is 16.9 Å². The zero-order valence-corrected chi connectivity index (χ0v) is 23.6. The van der Waals surface area contributed by atoms with Gasteiger partial charge in [0.05, 0.1) is 28.5 Å². The number of nitrogens with zero attached hydrogens (tertiary/aromatic N) is 3. The molecule has 0 saturated carbocycles. The quantitative estimate of drug-likeness (QED) is 0.320. The van der Waals surface area contributed by atoms with Gasteiger partial charge in [-0.2, -0.15) is 5.10 Å². The normalized spacial score (nSPS) is 18.7. The van der Waals surface area contributed by atoms with Gasteiger partial charge in [0.15, 0.2) is 0 Å². The van der Waals surface area contributed by atoms with E-state index in [1.807, 2.05) is 42.5 Å². The second-order valence-corrected chi connectivity index (χ2v) is 11.4. The first-order valence-electron chi connectivity index (χ1n) is 13.8. The standard InChI is InChI=1S/C32H31FN4O3S/c1-21-8-5-6-12-26(21)31-29-30(22-9-3-2-4-10-22)35-37(24-15-13-23(33)14-16-24)32(29)36(28(39)20-41-31)19-27(38)34-18-25-11-7-17-40-25/h2-6,8-10,12-16,25,31H,7,11,17-20H2,1H3,(H,34,38)/t25-,31-/m1/s1. The molecule has 0 aliphatic carbocycles. The number of amides is 2. The first-order chi connectivity index (χ1) is 20.0. The van der Waals surface area contributed by atoms with Crippen LogP contribution in [0.2, 0.25) is 0 Å². The van der Waals surface area contributed by atoms with E-state index in [0.29, 0.717) is 30.4 Å². The predicted octanol–water partition coefficient (Wildman–Crippen LogP) is 5.45. The largest absolute Gasteiger partial charge is 0.376 e. The summed E-state index contributed by atoms with van der Waals surface area (Å²) in [6.07, 6.45) is 1.87. The van der Waals surface area contributed by atoms with Crippen LogP contribution in [0, 0.1) is 12.7 Å². The molecule has 1 aromatic heterocycles. The van der Waals surface area contributed by atoms with Crippen LogP contribution in [0.5, 0.6) is 0 Å². The average Bonchev–Trinajstić information content (AvgIpc) is 3.62. The first kappa shape index (κ1) is 27.2. The molecule has 7 nitrogen and oxygen atoms in total. The third kappa shape index (κ3) is 5.64. The van der Waals surface area contributed by atoms with Crippen molar-refractivity contribution in [2.75, 3.05) is 30.3 Å². The molecular weight excluding hydrogens is 539 g/mol. The number of nitrogens with one attached hydrogen (secondary N) is 1. The third-order valence-corrected chi connectivity index (χ3v) is 8.77. The third-order valence-electron chi connectivity index (χ3n) is 7.53. The maximum absolute atomic E-state index is 14.0. The Bertz CT molecular complexity index is 1550. The maximum Gasteiger partial charge on any atom is 0.240 e. The highest BCUT2D eigenvalue weighted by Gasteiger charge is 2.38. The van der Waals surface area contributed by atoms with Crippen molar-refractivity contribution in [1.82, 2.24) is 15.1 Å². The number of anilines is 1. The number of ether oxygens (including phenoxy) is 1. The Hall–Kier alpha value is -3.95. The van der Waals surface area contributed by atoms with Gasteiger partial charge in [0.25, 0.3) is 0 Å². The molecule has 2 aliphatic heterocycles. The molecule has 1 saturated heterocycles. The number of rotatable bonds is 7. The van der Waals surface area contributed by atoms with E-state index in [-0.39, 0.29) is 41.3 Å². The van der Waals surface area contributed by atoms with Gasteiger partial charge in [-0.3, -0.25) is 14.5 Å². The van der Waals surface area contributed by atoms with Gasteiger partial charge in [-0.25, -0.2) is 9.07 Å². The summed E-state index contributed by atoms with van der Waals surface area (Å²) in [5.74, 6) is -0.129. The molecule has 0 bridgehead atoms. The lowest BCUT2D eigenvalue weighted by molar-refractivity contribution is -0.123. The van der Waals surface area contributed by atoms with Crippen LogP contribution in [0.3, 0.4) is 0 Å². The molecule has 3 heterocycles. The Kier molecular flexibility index (Phi) is 7.89. The highest BCUT2D eigenvalue weighted by molar-refractivity contribution is 8.00. The fourth-order valence-corrected chi connectivity index (χ4v) is 6.74. The lowest BCUT2D eigenvalue weighted by atomic mass is 9.97. The van der Waals surface area contributed by atoms with Crippen molar-refractivity contribution in [3.63, 3.8) is 0 Å². The molecule has 3 aromatic carbocycles. The second kappa shape index (κ2) is 11.9. The van der Waals surface area contributed by atoms with Crippen LogP contribution in [0.1, 0.15) is 34.8 Å². The van der Waals surface area contributed by atoms with Crippen LogP contribution in [0.4, 0.5) is 10.2 Å². The van der Waals surface area contributed by atoms with Gasteiger partial charge in [0.2, 0.25) is 11.8 Å². The summed E-state index contributed by atoms with van der Waals surface area (Å²) in [7, 11) is 0. The molecule has 2 amide bonds. The van der Waals surface area contributed by atoms with Crippen molar-refractivity contribution in [1.29, 1.82) is 0 Å². The molecule has 2 aliphatic rings.